The van der Waals surface area contributed by atoms with Gasteiger partial charge < -0.3 is 10.1 Å². The van der Waals surface area contributed by atoms with E-state index in [2.05, 4.69) is 11.7 Å². The Morgan fingerprint density at radius 3 is 2.64 bits per heavy atom. The molecule has 1 amide bonds. The third-order valence-corrected chi connectivity index (χ3v) is 4.99. The van der Waals surface area contributed by atoms with Crippen LogP contribution in [0.25, 0.3) is 0 Å². The van der Waals surface area contributed by atoms with Crippen molar-refractivity contribution in [2.75, 3.05) is 12.4 Å². The minimum atomic E-state index is -5.00. The van der Waals surface area contributed by atoms with Crippen LogP contribution in [0.1, 0.15) is 40.6 Å². The van der Waals surface area contributed by atoms with Crippen molar-refractivity contribution in [2.24, 2.45) is 5.92 Å². The van der Waals surface area contributed by atoms with Crippen LogP contribution in [-0.4, -0.2) is 25.2 Å². The number of thiophene rings is 1. The number of hydrogen-bond donors (Lipinski definition) is 1. The fraction of sp³-hybridized carbons (Fsp3) is 0.571. The first kappa shape index (κ1) is 16.8. The second kappa shape index (κ2) is 6.28. The monoisotopic (exact) mass is 335 g/mol. The van der Waals surface area contributed by atoms with Gasteiger partial charge in [-0.1, -0.05) is 13.3 Å². The number of amides is 1. The number of carbonyl (C=O) groups is 2. The van der Waals surface area contributed by atoms with Gasteiger partial charge in [-0.25, -0.2) is 4.79 Å². The molecule has 0 aromatic carbocycles. The number of fused-ring (bicyclic) bond motifs is 1. The molecule has 1 N–H and O–H groups in total. The number of halogens is 3. The molecule has 1 aromatic heterocycles. The Hall–Kier alpha value is -1.57. The van der Waals surface area contributed by atoms with Gasteiger partial charge in [0.25, 0.3) is 0 Å². The maximum atomic E-state index is 12.4. The molecule has 0 bridgehead atoms. The molecule has 0 saturated carbocycles. The van der Waals surface area contributed by atoms with Crippen molar-refractivity contribution in [1.82, 2.24) is 0 Å². The number of hydrogen-bond acceptors (Lipinski definition) is 4. The minimum absolute atomic E-state index is 0.0645. The molecule has 2 rings (SSSR count). The molecule has 22 heavy (non-hydrogen) atoms. The average Bonchev–Trinajstić information content (AvgIpc) is 2.82. The minimum Gasteiger partial charge on any atom is -0.465 e. The first-order chi connectivity index (χ1) is 10.3. The van der Waals surface area contributed by atoms with Crippen LogP contribution >= 0.6 is 11.3 Å². The SMILES string of the molecule is CC[C@@H]1CCc2c(sc(NC(=O)C(F)(F)F)c2C(=O)OC)C1. The molecular weight excluding hydrogens is 319 g/mol. The Morgan fingerprint density at radius 2 is 2.09 bits per heavy atom. The number of carbonyl (C=O) groups excluding carboxylic acids is 2. The lowest BCUT2D eigenvalue weighted by Crippen LogP contribution is -2.30. The summed E-state index contributed by atoms with van der Waals surface area (Å²) in [6.07, 6.45) is -1.84. The normalized spacial score (nSPS) is 17.8. The van der Waals surface area contributed by atoms with Crippen LogP contribution in [0.4, 0.5) is 18.2 Å². The quantitative estimate of drug-likeness (QED) is 0.860. The number of esters is 1. The van der Waals surface area contributed by atoms with E-state index in [1.807, 2.05) is 5.32 Å². The van der Waals surface area contributed by atoms with Gasteiger partial charge in [0.1, 0.15) is 5.00 Å². The summed E-state index contributed by atoms with van der Waals surface area (Å²) in [7, 11) is 1.17. The fourth-order valence-electron chi connectivity index (χ4n) is 2.58. The van der Waals surface area contributed by atoms with Crippen molar-refractivity contribution in [3.05, 3.63) is 16.0 Å². The topological polar surface area (TPSA) is 55.4 Å². The van der Waals surface area contributed by atoms with Crippen molar-refractivity contribution in [1.29, 1.82) is 0 Å². The molecule has 1 atom stereocenters. The second-order valence-corrected chi connectivity index (χ2v) is 6.27. The Bertz CT molecular complexity index is 595. The zero-order valence-corrected chi connectivity index (χ0v) is 13.0. The van der Waals surface area contributed by atoms with E-state index in [0.29, 0.717) is 24.3 Å². The number of methoxy groups -OCH3 is 1. The summed E-state index contributed by atoms with van der Waals surface area (Å²) < 4.78 is 41.9. The largest absolute Gasteiger partial charge is 0.471 e. The molecule has 0 radical (unpaired) electrons. The molecule has 0 saturated heterocycles. The van der Waals surface area contributed by atoms with Gasteiger partial charge in [-0.15, -0.1) is 11.3 Å². The van der Waals surface area contributed by atoms with Gasteiger partial charge in [-0.3, -0.25) is 4.79 Å². The van der Waals surface area contributed by atoms with Crippen molar-refractivity contribution in [3.8, 4) is 0 Å². The van der Waals surface area contributed by atoms with Crippen LogP contribution < -0.4 is 5.32 Å². The van der Waals surface area contributed by atoms with E-state index in [1.165, 1.54) is 7.11 Å². The lowest BCUT2D eigenvalue weighted by Gasteiger charge is -2.20. The summed E-state index contributed by atoms with van der Waals surface area (Å²) in [5, 5.41) is 1.74. The van der Waals surface area contributed by atoms with Crippen LogP contribution in [0.15, 0.2) is 0 Å². The van der Waals surface area contributed by atoms with Crippen molar-refractivity contribution >= 4 is 28.2 Å². The van der Waals surface area contributed by atoms with E-state index in [4.69, 9.17) is 0 Å². The highest BCUT2D eigenvalue weighted by atomic mass is 32.1. The highest BCUT2D eigenvalue weighted by Crippen LogP contribution is 2.41. The summed E-state index contributed by atoms with van der Waals surface area (Å²) in [4.78, 5) is 23.9. The van der Waals surface area contributed by atoms with E-state index in [1.54, 1.807) is 0 Å². The molecule has 1 aliphatic rings. The standard InChI is InChI=1S/C14H16F3NO3S/c1-3-7-4-5-8-9(6-7)22-11(10(8)12(19)21-2)18-13(20)14(15,16)17/h7H,3-6H2,1-2H3,(H,18,20)/t7-/m1/s1. The third-order valence-electron chi connectivity index (χ3n) is 3.82. The molecule has 122 valence electrons. The first-order valence-corrected chi connectivity index (χ1v) is 7.70. The maximum absolute atomic E-state index is 12.4. The van der Waals surface area contributed by atoms with E-state index in [0.717, 1.165) is 29.1 Å². The molecule has 1 aliphatic carbocycles. The Kier molecular flexibility index (Phi) is 4.79. The molecular formula is C14H16F3NO3S. The average molecular weight is 335 g/mol. The van der Waals surface area contributed by atoms with Crippen LogP contribution in [0.5, 0.6) is 0 Å². The van der Waals surface area contributed by atoms with Gasteiger partial charge in [0, 0.05) is 4.88 Å². The summed E-state index contributed by atoms with van der Waals surface area (Å²) in [5.41, 5.74) is 0.772. The summed E-state index contributed by atoms with van der Waals surface area (Å²) in [5.74, 6) is -2.35. The van der Waals surface area contributed by atoms with E-state index in [9.17, 15) is 22.8 Å². The molecule has 0 unspecified atom stereocenters. The number of alkyl halides is 3. The molecule has 8 heteroatoms. The molecule has 0 fully saturated rings. The van der Waals surface area contributed by atoms with Gasteiger partial charge in [0.2, 0.25) is 0 Å². The second-order valence-electron chi connectivity index (χ2n) is 5.17. The number of ether oxygens (including phenoxy) is 1. The molecule has 0 spiro atoms. The lowest BCUT2D eigenvalue weighted by molar-refractivity contribution is -0.167. The van der Waals surface area contributed by atoms with Crippen molar-refractivity contribution in [2.45, 2.75) is 38.8 Å². The number of rotatable bonds is 3. The van der Waals surface area contributed by atoms with E-state index >= 15 is 0 Å². The zero-order valence-electron chi connectivity index (χ0n) is 12.2. The van der Waals surface area contributed by atoms with Gasteiger partial charge in [0.05, 0.1) is 12.7 Å². The predicted molar refractivity (Wildman–Crippen MR) is 76.1 cm³/mol. The van der Waals surface area contributed by atoms with Crippen molar-refractivity contribution < 1.29 is 27.5 Å². The molecule has 1 aromatic rings. The van der Waals surface area contributed by atoms with Crippen LogP contribution in [0.3, 0.4) is 0 Å². The van der Waals surface area contributed by atoms with Gasteiger partial charge >= 0.3 is 18.1 Å². The van der Waals surface area contributed by atoms with Crippen LogP contribution in [0, 0.1) is 5.92 Å². The van der Waals surface area contributed by atoms with Crippen LogP contribution in [-0.2, 0) is 22.4 Å². The van der Waals surface area contributed by atoms with Crippen molar-refractivity contribution in [3.63, 3.8) is 0 Å². The van der Waals surface area contributed by atoms with E-state index < -0.39 is 18.1 Å². The molecule has 0 aliphatic heterocycles. The van der Waals surface area contributed by atoms with Gasteiger partial charge in [-0.05, 0) is 30.7 Å². The molecule has 1 heterocycles. The summed E-state index contributed by atoms with van der Waals surface area (Å²) in [6.45, 7) is 2.05. The molecule has 4 nitrogen and oxygen atoms in total. The smallest absolute Gasteiger partial charge is 0.465 e. The highest BCUT2D eigenvalue weighted by Gasteiger charge is 2.40. The van der Waals surface area contributed by atoms with Gasteiger partial charge in [-0.2, -0.15) is 13.2 Å². The zero-order chi connectivity index (χ0) is 16.5. The Morgan fingerprint density at radius 1 is 1.41 bits per heavy atom. The fourth-order valence-corrected chi connectivity index (χ4v) is 3.93. The number of nitrogens with one attached hydrogen (secondary N) is 1. The van der Waals surface area contributed by atoms with Crippen LogP contribution in [0.2, 0.25) is 0 Å². The Balaban J connectivity index is 2.39. The summed E-state index contributed by atoms with van der Waals surface area (Å²) in [6, 6.07) is 0. The summed E-state index contributed by atoms with van der Waals surface area (Å²) >= 11 is 1.04. The van der Waals surface area contributed by atoms with E-state index in [-0.39, 0.29) is 10.6 Å². The lowest BCUT2D eigenvalue weighted by atomic mass is 9.86. The predicted octanol–water partition coefficient (Wildman–Crippen LogP) is 3.55. The number of anilines is 1. The Labute approximate surface area is 129 Å². The first-order valence-electron chi connectivity index (χ1n) is 6.88. The third kappa shape index (κ3) is 3.26. The van der Waals surface area contributed by atoms with Gasteiger partial charge in [0.15, 0.2) is 0 Å². The maximum Gasteiger partial charge on any atom is 0.471 e. The highest BCUT2D eigenvalue weighted by molar-refractivity contribution is 7.17.